The van der Waals surface area contributed by atoms with Gasteiger partial charge >= 0.3 is 0 Å². The van der Waals surface area contributed by atoms with Crippen LogP contribution in [0.4, 0.5) is 0 Å². The van der Waals surface area contributed by atoms with Crippen LogP contribution >= 0.6 is 0 Å². The molecule has 4 heteroatoms. The van der Waals surface area contributed by atoms with Crippen LogP contribution in [-0.4, -0.2) is 29.5 Å². The van der Waals surface area contributed by atoms with Crippen LogP contribution in [0.3, 0.4) is 0 Å². The summed E-state index contributed by atoms with van der Waals surface area (Å²) < 4.78 is 5.94. The first kappa shape index (κ1) is 17.4. The Balaban J connectivity index is 1.63. The predicted molar refractivity (Wildman–Crippen MR) is 101 cm³/mol. The Kier molecular flexibility index (Phi) is 5.99. The van der Waals surface area contributed by atoms with Crippen molar-refractivity contribution in [1.29, 1.82) is 0 Å². The fourth-order valence-electron chi connectivity index (χ4n) is 2.81. The Bertz CT molecular complexity index is 765. The van der Waals surface area contributed by atoms with Crippen LogP contribution in [0.5, 0.6) is 0 Å². The highest BCUT2D eigenvalue weighted by molar-refractivity contribution is 5.56. The first-order valence-corrected chi connectivity index (χ1v) is 8.72. The summed E-state index contributed by atoms with van der Waals surface area (Å²) in [6, 6.07) is 18.8. The summed E-state index contributed by atoms with van der Waals surface area (Å²) in [5, 5.41) is 0. The van der Waals surface area contributed by atoms with E-state index in [0.29, 0.717) is 13.1 Å². The van der Waals surface area contributed by atoms with E-state index >= 15 is 0 Å². The standard InChI is InChI=1S/C21H25N3O/c1-17-7-9-19(10-8-17)20-15-23-21(25-20)16-24(14-12-22)13-11-18-5-3-2-4-6-18/h2-10,15H,11-14,16,22H2,1H3. The summed E-state index contributed by atoms with van der Waals surface area (Å²) in [6.45, 7) is 5.14. The van der Waals surface area contributed by atoms with Gasteiger partial charge in [-0.05, 0) is 18.9 Å². The fourth-order valence-corrected chi connectivity index (χ4v) is 2.81. The number of aryl methyl sites for hydroxylation is 1. The number of hydrogen-bond acceptors (Lipinski definition) is 4. The predicted octanol–water partition coefficient (Wildman–Crippen LogP) is 3.65. The average molecular weight is 335 g/mol. The lowest BCUT2D eigenvalue weighted by Gasteiger charge is -2.19. The third-order valence-corrected chi connectivity index (χ3v) is 4.25. The molecule has 0 spiro atoms. The monoisotopic (exact) mass is 335 g/mol. The van der Waals surface area contributed by atoms with Gasteiger partial charge in [-0.25, -0.2) is 4.98 Å². The Morgan fingerprint density at radius 3 is 2.48 bits per heavy atom. The first-order valence-electron chi connectivity index (χ1n) is 8.72. The topological polar surface area (TPSA) is 55.3 Å². The van der Waals surface area contributed by atoms with Crippen molar-refractivity contribution in [2.75, 3.05) is 19.6 Å². The minimum Gasteiger partial charge on any atom is -0.439 e. The van der Waals surface area contributed by atoms with Crippen molar-refractivity contribution < 1.29 is 4.42 Å². The maximum Gasteiger partial charge on any atom is 0.209 e. The second-order valence-corrected chi connectivity index (χ2v) is 6.28. The molecule has 0 aliphatic heterocycles. The Morgan fingerprint density at radius 2 is 1.76 bits per heavy atom. The van der Waals surface area contributed by atoms with Gasteiger partial charge in [-0.15, -0.1) is 0 Å². The highest BCUT2D eigenvalue weighted by Gasteiger charge is 2.11. The number of nitrogens with zero attached hydrogens (tertiary/aromatic N) is 2. The van der Waals surface area contributed by atoms with Gasteiger partial charge in [0.2, 0.25) is 5.89 Å². The van der Waals surface area contributed by atoms with Crippen molar-refractivity contribution in [3.63, 3.8) is 0 Å². The van der Waals surface area contributed by atoms with Gasteiger partial charge in [0.15, 0.2) is 5.76 Å². The molecule has 4 nitrogen and oxygen atoms in total. The van der Waals surface area contributed by atoms with E-state index in [4.69, 9.17) is 10.2 Å². The molecule has 3 rings (SSSR count). The van der Waals surface area contributed by atoms with E-state index < -0.39 is 0 Å². The normalized spacial score (nSPS) is 11.2. The SMILES string of the molecule is Cc1ccc(-c2cnc(CN(CCN)CCc3ccccc3)o2)cc1. The molecule has 3 aromatic rings. The molecule has 0 aliphatic carbocycles. The summed E-state index contributed by atoms with van der Waals surface area (Å²) in [7, 11) is 0. The lowest BCUT2D eigenvalue weighted by Crippen LogP contribution is -2.31. The summed E-state index contributed by atoms with van der Waals surface area (Å²) in [5.74, 6) is 1.54. The second-order valence-electron chi connectivity index (χ2n) is 6.28. The Hall–Kier alpha value is -2.43. The number of rotatable bonds is 8. The molecular weight excluding hydrogens is 310 g/mol. The van der Waals surface area contributed by atoms with E-state index in [0.717, 1.165) is 36.7 Å². The fraction of sp³-hybridized carbons (Fsp3) is 0.286. The first-order chi connectivity index (χ1) is 12.2. The van der Waals surface area contributed by atoms with E-state index in [1.165, 1.54) is 11.1 Å². The van der Waals surface area contributed by atoms with Crippen LogP contribution in [0.2, 0.25) is 0 Å². The zero-order valence-corrected chi connectivity index (χ0v) is 14.7. The average Bonchev–Trinajstić information content (AvgIpc) is 3.10. The number of oxazole rings is 1. The largest absolute Gasteiger partial charge is 0.439 e. The van der Waals surface area contributed by atoms with Crippen molar-refractivity contribution in [3.05, 3.63) is 77.8 Å². The number of nitrogens with two attached hydrogens (primary N) is 1. The van der Waals surface area contributed by atoms with Gasteiger partial charge in [0.1, 0.15) is 0 Å². The summed E-state index contributed by atoms with van der Waals surface area (Å²) in [5.41, 5.74) is 9.39. The molecule has 25 heavy (non-hydrogen) atoms. The number of aromatic nitrogens is 1. The van der Waals surface area contributed by atoms with Gasteiger partial charge in [0, 0.05) is 25.2 Å². The third-order valence-electron chi connectivity index (χ3n) is 4.25. The number of hydrogen-bond donors (Lipinski definition) is 1. The van der Waals surface area contributed by atoms with Crippen LogP contribution in [0, 0.1) is 6.92 Å². The maximum absolute atomic E-state index is 5.94. The molecule has 0 unspecified atom stereocenters. The smallest absolute Gasteiger partial charge is 0.209 e. The molecule has 2 aromatic carbocycles. The minimum atomic E-state index is 0.625. The van der Waals surface area contributed by atoms with Gasteiger partial charge in [-0.3, -0.25) is 4.90 Å². The quantitative estimate of drug-likeness (QED) is 0.683. The van der Waals surface area contributed by atoms with E-state index in [1.54, 1.807) is 6.20 Å². The molecule has 0 radical (unpaired) electrons. The van der Waals surface area contributed by atoms with Gasteiger partial charge in [0.25, 0.3) is 0 Å². The lowest BCUT2D eigenvalue weighted by molar-refractivity contribution is 0.249. The van der Waals surface area contributed by atoms with E-state index in [-0.39, 0.29) is 0 Å². The highest BCUT2D eigenvalue weighted by atomic mass is 16.4. The van der Waals surface area contributed by atoms with Crippen molar-refractivity contribution in [2.45, 2.75) is 19.9 Å². The van der Waals surface area contributed by atoms with E-state index in [9.17, 15) is 0 Å². The summed E-state index contributed by atoms with van der Waals surface area (Å²) in [6.07, 6.45) is 2.80. The van der Waals surface area contributed by atoms with Crippen molar-refractivity contribution in [2.24, 2.45) is 5.73 Å². The van der Waals surface area contributed by atoms with Gasteiger partial charge in [-0.2, -0.15) is 0 Å². The molecule has 0 fully saturated rings. The molecule has 0 bridgehead atoms. The van der Waals surface area contributed by atoms with Gasteiger partial charge in [-0.1, -0.05) is 60.2 Å². The van der Waals surface area contributed by atoms with Crippen LogP contribution in [-0.2, 0) is 13.0 Å². The molecule has 130 valence electrons. The second kappa shape index (κ2) is 8.60. The molecule has 2 N–H and O–H groups in total. The molecular formula is C21H25N3O. The Morgan fingerprint density at radius 1 is 1.00 bits per heavy atom. The molecule has 0 amide bonds. The zero-order chi connectivity index (χ0) is 17.5. The summed E-state index contributed by atoms with van der Waals surface area (Å²) in [4.78, 5) is 6.73. The van der Waals surface area contributed by atoms with Crippen molar-refractivity contribution in [3.8, 4) is 11.3 Å². The lowest BCUT2D eigenvalue weighted by atomic mass is 10.1. The molecule has 0 saturated carbocycles. The van der Waals surface area contributed by atoms with Crippen LogP contribution in [0.1, 0.15) is 17.0 Å². The van der Waals surface area contributed by atoms with Gasteiger partial charge in [0.05, 0.1) is 12.7 Å². The van der Waals surface area contributed by atoms with Gasteiger partial charge < -0.3 is 10.2 Å². The molecule has 0 aliphatic rings. The molecule has 1 heterocycles. The molecule has 0 saturated heterocycles. The van der Waals surface area contributed by atoms with Crippen molar-refractivity contribution in [1.82, 2.24) is 9.88 Å². The van der Waals surface area contributed by atoms with Crippen molar-refractivity contribution >= 4 is 0 Å². The molecule has 1 aromatic heterocycles. The van der Waals surface area contributed by atoms with Crippen LogP contribution < -0.4 is 5.73 Å². The van der Waals surface area contributed by atoms with Crippen LogP contribution in [0.25, 0.3) is 11.3 Å². The summed E-state index contributed by atoms with van der Waals surface area (Å²) >= 11 is 0. The zero-order valence-electron chi connectivity index (χ0n) is 14.7. The van der Waals surface area contributed by atoms with E-state index in [2.05, 4.69) is 65.3 Å². The maximum atomic E-state index is 5.94. The molecule has 0 atom stereocenters. The third kappa shape index (κ3) is 5.02. The number of benzene rings is 2. The Labute approximate surface area is 149 Å². The minimum absolute atomic E-state index is 0.625. The van der Waals surface area contributed by atoms with E-state index in [1.807, 2.05) is 6.07 Å². The highest BCUT2D eigenvalue weighted by Crippen LogP contribution is 2.21. The van der Waals surface area contributed by atoms with Crippen LogP contribution in [0.15, 0.2) is 65.2 Å².